The minimum atomic E-state index is -3.69. The minimum absolute atomic E-state index is 0.0217. The van der Waals surface area contributed by atoms with Crippen LogP contribution >= 0.6 is 0 Å². The van der Waals surface area contributed by atoms with Gasteiger partial charge in [0.2, 0.25) is 15.9 Å². The van der Waals surface area contributed by atoms with Gasteiger partial charge in [0, 0.05) is 38.8 Å². The molecular weight excluding hydrogens is 338 g/mol. The average Bonchev–Trinajstić information content (AvgIpc) is 2.60. The van der Waals surface area contributed by atoms with Crippen molar-refractivity contribution in [3.05, 3.63) is 36.0 Å². The summed E-state index contributed by atoms with van der Waals surface area (Å²) in [5, 5.41) is 0.805. The van der Waals surface area contributed by atoms with E-state index in [1.165, 1.54) is 9.21 Å². The molecule has 0 spiro atoms. The minimum Gasteiger partial charge on any atom is -0.349 e. The lowest BCUT2D eigenvalue weighted by molar-refractivity contribution is -0.134. The van der Waals surface area contributed by atoms with Crippen molar-refractivity contribution in [2.24, 2.45) is 5.92 Å². The number of para-hydroxylation sites is 1. The van der Waals surface area contributed by atoms with Gasteiger partial charge in [-0.3, -0.25) is 9.78 Å². The number of aromatic nitrogens is 1. The third-order valence-electron chi connectivity index (χ3n) is 4.60. The van der Waals surface area contributed by atoms with E-state index in [1.807, 2.05) is 19.1 Å². The number of hydrogen-bond acceptors (Lipinski definition) is 4. The van der Waals surface area contributed by atoms with Crippen LogP contribution in [0.25, 0.3) is 10.9 Å². The number of benzene rings is 1. The summed E-state index contributed by atoms with van der Waals surface area (Å²) >= 11 is 0. The first-order chi connectivity index (χ1) is 11.8. The van der Waals surface area contributed by atoms with Gasteiger partial charge in [0.05, 0.1) is 11.4 Å². The predicted octanol–water partition coefficient (Wildman–Crippen LogP) is 2.03. The Kier molecular flexibility index (Phi) is 4.79. The van der Waals surface area contributed by atoms with Crippen LogP contribution in [0.15, 0.2) is 35.4 Å². The van der Waals surface area contributed by atoms with Crippen LogP contribution in [0.1, 0.15) is 18.4 Å². The van der Waals surface area contributed by atoms with E-state index in [2.05, 4.69) is 4.98 Å². The van der Waals surface area contributed by atoms with Crippen LogP contribution in [0.3, 0.4) is 0 Å². The zero-order chi connectivity index (χ0) is 18.2. The van der Waals surface area contributed by atoms with Gasteiger partial charge in [0.1, 0.15) is 4.90 Å². The highest BCUT2D eigenvalue weighted by Crippen LogP contribution is 2.28. The molecule has 0 saturated carbocycles. The van der Waals surface area contributed by atoms with Crippen LogP contribution in [0.5, 0.6) is 0 Å². The standard InChI is InChI=1S/C18H23N3O3S/c1-13-10-14-6-4-8-16(17(14)19-11-13)25(23,24)21-9-5-7-15(12-21)18(22)20(2)3/h4,6,8,10-11,15H,5,7,9,12H2,1-3H3/t15-/m1/s1. The van der Waals surface area contributed by atoms with Crippen LogP contribution in [0, 0.1) is 12.8 Å². The molecule has 1 aliphatic heterocycles. The Morgan fingerprint density at radius 2 is 2.08 bits per heavy atom. The van der Waals surface area contributed by atoms with Gasteiger partial charge >= 0.3 is 0 Å². The Balaban J connectivity index is 1.98. The highest BCUT2D eigenvalue weighted by Gasteiger charge is 2.34. The van der Waals surface area contributed by atoms with Gasteiger partial charge < -0.3 is 4.90 Å². The molecule has 2 aromatic rings. The molecule has 7 heteroatoms. The van der Waals surface area contributed by atoms with Gasteiger partial charge in [0.25, 0.3) is 0 Å². The van der Waals surface area contributed by atoms with Gasteiger partial charge in [-0.15, -0.1) is 0 Å². The maximum Gasteiger partial charge on any atom is 0.245 e. The first kappa shape index (κ1) is 17.8. The fourth-order valence-electron chi connectivity index (χ4n) is 3.32. The fraction of sp³-hybridized carbons (Fsp3) is 0.444. The monoisotopic (exact) mass is 361 g/mol. The topological polar surface area (TPSA) is 70.6 Å². The maximum atomic E-state index is 13.2. The second-order valence-electron chi connectivity index (χ2n) is 6.78. The van der Waals surface area contributed by atoms with Gasteiger partial charge in [-0.25, -0.2) is 8.42 Å². The van der Waals surface area contributed by atoms with E-state index in [4.69, 9.17) is 0 Å². The number of sulfonamides is 1. The van der Waals surface area contributed by atoms with Crippen molar-refractivity contribution in [3.63, 3.8) is 0 Å². The summed E-state index contributed by atoms with van der Waals surface area (Å²) in [4.78, 5) is 18.3. The van der Waals surface area contributed by atoms with Gasteiger partial charge in [-0.2, -0.15) is 4.31 Å². The van der Waals surface area contributed by atoms with E-state index in [-0.39, 0.29) is 23.3 Å². The Morgan fingerprint density at radius 3 is 2.80 bits per heavy atom. The number of rotatable bonds is 3. The van der Waals surface area contributed by atoms with Crippen LogP contribution in [0.4, 0.5) is 0 Å². The zero-order valence-corrected chi connectivity index (χ0v) is 15.6. The number of piperidine rings is 1. The fourth-order valence-corrected chi connectivity index (χ4v) is 5.01. The van der Waals surface area contributed by atoms with E-state index in [0.29, 0.717) is 18.5 Å². The number of amides is 1. The lowest BCUT2D eigenvalue weighted by Crippen LogP contribution is -2.45. The lowest BCUT2D eigenvalue weighted by atomic mass is 9.98. The summed E-state index contributed by atoms with van der Waals surface area (Å²) in [6.45, 7) is 2.58. The number of pyridine rings is 1. The first-order valence-electron chi connectivity index (χ1n) is 8.37. The van der Waals surface area contributed by atoms with E-state index in [9.17, 15) is 13.2 Å². The summed E-state index contributed by atoms with van der Waals surface area (Å²) in [7, 11) is -0.291. The van der Waals surface area contributed by atoms with Crippen molar-refractivity contribution >= 4 is 26.8 Å². The Morgan fingerprint density at radius 1 is 1.32 bits per heavy atom. The smallest absolute Gasteiger partial charge is 0.245 e. The van der Waals surface area contributed by atoms with Crippen molar-refractivity contribution in [3.8, 4) is 0 Å². The Labute approximate surface area is 148 Å². The normalized spacial score (nSPS) is 19.1. The SMILES string of the molecule is Cc1cnc2c(S(=O)(=O)N3CCC[C@@H](C(=O)N(C)C)C3)cccc2c1. The molecule has 1 saturated heterocycles. The largest absolute Gasteiger partial charge is 0.349 e. The summed E-state index contributed by atoms with van der Waals surface area (Å²) in [6, 6.07) is 7.12. The lowest BCUT2D eigenvalue weighted by Gasteiger charge is -2.32. The number of hydrogen-bond donors (Lipinski definition) is 0. The molecule has 1 aliphatic rings. The number of fused-ring (bicyclic) bond motifs is 1. The van der Waals surface area contributed by atoms with Crippen LogP contribution in [-0.2, 0) is 14.8 Å². The zero-order valence-electron chi connectivity index (χ0n) is 14.8. The first-order valence-corrected chi connectivity index (χ1v) is 9.81. The van der Waals surface area contributed by atoms with E-state index >= 15 is 0 Å². The summed E-state index contributed by atoms with van der Waals surface area (Å²) in [5.74, 6) is -0.310. The Bertz CT molecular complexity index is 909. The molecule has 0 N–H and O–H groups in total. The number of carbonyl (C=O) groups excluding carboxylic acids is 1. The molecular formula is C18H23N3O3S. The van der Waals surface area contributed by atoms with Gasteiger partial charge in [-0.05, 0) is 37.5 Å². The molecule has 1 aromatic heterocycles. The molecule has 1 amide bonds. The highest BCUT2D eigenvalue weighted by molar-refractivity contribution is 7.89. The molecule has 2 heterocycles. The van der Waals surface area contributed by atoms with Crippen molar-refractivity contribution < 1.29 is 13.2 Å². The Hall–Kier alpha value is -1.99. The van der Waals surface area contributed by atoms with Crippen molar-refractivity contribution in [2.75, 3.05) is 27.2 Å². The van der Waals surface area contributed by atoms with E-state index < -0.39 is 10.0 Å². The molecule has 1 fully saturated rings. The molecule has 1 aromatic carbocycles. The molecule has 0 aliphatic carbocycles. The quantitative estimate of drug-likeness (QED) is 0.839. The third-order valence-corrected chi connectivity index (χ3v) is 6.50. The molecule has 0 unspecified atom stereocenters. The molecule has 3 rings (SSSR count). The van der Waals surface area contributed by atoms with E-state index in [1.54, 1.807) is 32.4 Å². The van der Waals surface area contributed by atoms with Crippen molar-refractivity contribution in [1.82, 2.24) is 14.2 Å². The molecule has 25 heavy (non-hydrogen) atoms. The third kappa shape index (κ3) is 3.39. The number of nitrogens with zero attached hydrogens (tertiary/aromatic N) is 3. The second kappa shape index (κ2) is 6.72. The number of aryl methyl sites for hydroxylation is 1. The van der Waals surface area contributed by atoms with Gasteiger partial charge in [-0.1, -0.05) is 12.1 Å². The second-order valence-corrected chi connectivity index (χ2v) is 8.68. The van der Waals surface area contributed by atoms with Crippen LogP contribution in [0.2, 0.25) is 0 Å². The molecule has 0 radical (unpaired) electrons. The van der Waals surface area contributed by atoms with Crippen LogP contribution < -0.4 is 0 Å². The van der Waals surface area contributed by atoms with E-state index in [0.717, 1.165) is 17.4 Å². The van der Waals surface area contributed by atoms with Crippen molar-refractivity contribution in [1.29, 1.82) is 0 Å². The highest BCUT2D eigenvalue weighted by atomic mass is 32.2. The van der Waals surface area contributed by atoms with Crippen LogP contribution in [-0.4, -0.2) is 55.7 Å². The van der Waals surface area contributed by atoms with Gasteiger partial charge in [0.15, 0.2) is 0 Å². The molecule has 0 bridgehead atoms. The summed E-state index contributed by atoms with van der Waals surface area (Å²) in [6.07, 6.45) is 3.08. The summed E-state index contributed by atoms with van der Waals surface area (Å²) in [5.41, 5.74) is 1.46. The van der Waals surface area contributed by atoms with Crippen molar-refractivity contribution in [2.45, 2.75) is 24.7 Å². The average molecular weight is 361 g/mol. The molecule has 6 nitrogen and oxygen atoms in total. The number of carbonyl (C=O) groups is 1. The molecule has 134 valence electrons. The molecule has 1 atom stereocenters. The summed E-state index contributed by atoms with van der Waals surface area (Å²) < 4.78 is 27.8. The maximum absolute atomic E-state index is 13.2. The predicted molar refractivity (Wildman–Crippen MR) is 96.7 cm³/mol.